The number of anilines is 2. The van der Waals surface area contributed by atoms with Crippen LogP contribution in [0.25, 0.3) is 22.0 Å². The maximum atomic E-state index is 13.2. The topological polar surface area (TPSA) is 84.7 Å². The summed E-state index contributed by atoms with van der Waals surface area (Å²) in [7, 11) is 1.69. The van der Waals surface area contributed by atoms with Gasteiger partial charge in [-0.2, -0.15) is 0 Å². The SMILES string of the molecule is CCN1C(=O)C(C)(C)C(=O)N(C)c2cc(OCCCn3cc(-c4cccnc4)c(=O)c4ccccc43)ccc21. The average molecular weight is 525 g/mol. The Morgan fingerprint density at radius 3 is 2.49 bits per heavy atom. The fourth-order valence-corrected chi connectivity index (χ4v) is 5.15. The zero-order valence-corrected chi connectivity index (χ0v) is 22.7. The van der Waals surface area contributed by atoms with Gasteiger partial charge in [-0.3, -0.25) is 19.4 Å². The molecule has 8 heteroatoms. The van der Waals surface area contributed by atoms with Gasteiger partial charge in [0.1, 0.15) is 11.2 Å². The van der Waals surface area contributed by atoms with Crippen molar-refractivity contribution in [2.24, 2.45) is 5.41 Å². The highest BCUT2D eigenvalue weighted by atomic mass is 16.5. The van der Waals surface area contributed by atoms with Crippen LogP contribution in [0.5, 0.6) is 5.75 Å². The molecule has 5 rings (SSSR count). The van der Waals surface area contributed by atoms with Gasteiger partial charge in [0.15, 0.2) is 5.43 Å². The average Bonchev–Trinajstić information content (AvgIpc) is 3.01. The molecule has 0 saturated carbocycles. The number of hydrogen-bond acceptors (Lipinski definition) is 5. The molecule has 4 aromatic rings. The summed E-state index contributed by atoms with van der Waals surface area (Å²) in [6.07, 6.45) is 5.98. The Morgan fingerprint density at radius 2 is 1.74 bits per heavy atom. The van der Waals surface area contributed by atoms with Crippen LogP contribution in [0.15, 0.2) is 78.0 Å². The van der Waals surface area contributed by atoms with E-state index in [1.807, 2.05) is 67.7 Å². The van der Waals surface area contributed by atoms with E-state index < -0.39 is 5.41 Å². The van der Waals surface area contributed by atoms with E-state index in [1.165, 1.54) is 0 Å². The van der Waals surface area contributed by atoms with E-state index in [9.17, 15) is 14.4 Å². The van der Waals surface area contributed by atoms with Gasteiger partial charge in [-0.25, -0.2) is 0 Å². The fraction of sp³-hybridized carbons (Fsp3) is 0.290. The second kappa shape index (κ2) is 10.4. The lowest BCUT2D eigenvalue weighted by Gasteiger charge is -2.27. The normalized spacial score (nSPS) is 14.9. The molecule has 3 heterocycles. The standard InChI is InChI=1S/C31H32N4O4/c1-5-35-26-14-13-22(18-27(26)33(4)29(37)31(2,3)30(35)38)39-17-9-16-34-20-24(21-10-8-15-32-19-21)28(36)23-11-6-7-12-25(23)34/h6-8,10-15,18-20H,5,9,16-17H2,1-4H3. The van der Waals surface area contributed by atoms with Crippen LogP contribution in [0, 0.1) is 5.41 Å². The van der Waals surface area contributed by atoms with Crippen molar-refractivity contribution in [1.82, 2.24) is 9.55 Å². The van der Waals surface area contributed by atoms with E-state index in [2.05, 4.69) is 9.55 Å². The minimum atomic E-state index is -1.15. The molecule has 0 spiro atoms. The van der Waals surface area contributed by atoms with E-state index in [1.54, 1.807) is 43.1 Å². The van der Waals surface area contributed by atoms with Crippen molar-refractivity contribution in [2.45, 2.75) is 33.7 Å². The quantitative estimate of drug-likeness (QED) is 0.254. The molecule has 8 nitrogen and oxygen atoms in total. The number of rotatable bonds is 7. The molecule has 1 aliphatic rings. The second-order valence-corrected chi connectivity index (χ2v) is 10.2. The summed E-state index contributed by atoms with van der Waals surface area (Å²) in [4.78, 5) is 46.7. The molecule has 0 radical (unpaired) electrons. The largest absolute Gasteiger partial charge is 0.493 e. The maximum absolute atomic E-state index is 13.2. The number of benzene rings is 2. The predicted octanol–water partition coefficient (Wildman–Crippen LogP) is 4.89. The van der Waals surface area contributed by atoms with Crippen molar-refractivity contribution in [3.8, 4) is 16.9 Å². The van der Waals surface area contributed by atoms with Crippen molar-refractivity contribution in [3.05, 3.63) is 83.4 Å². The van der Waals surface area contributed by atoms with E-state index in [0.29, 0.717) is 54.2 Å². The van der Waals surface area contributed by atoms with E-state index in [4.69, 9.17) is 4.74 Å². The number of fused-ring (bicyclic) bond motifs is 2. The number of aromatic nitrogens is 2. The Hall–Kier alpha value is -4.46. The molecule has 2 amide bonds. The highest BCUT2D eigenvalue weighted by Gasteiger charge is 2.45. The third-order valence-electron chi connectivity index (χ3n) is 7.31. The minimum Gasteiger partial charge on any atom is -0.493 e. The van der Waals surface area contributed by atoms with Crippen molar-refractivity contribution in [2.75, 3.05) is 30.0 Å². The van der Waals surface area contributed by atoms with Gasteiger partial charge >= 0.3 is 0 Å². The Morgan fingerprint density at radius 1 is 0.949 bits per heavy atom. The molecule has 0 aliphatic carbocycles. The molecule has 0 atom stereocenters. The number of nitrogens with zero attached hydrogens (tertiary/aromatic N) is 4. The summed E-state index contributed by atoms with van der Waals surface area (Å²) in [6.45, 7) is 6.77. The number of hydrogen-bond donors (Lipinski definition) is 0. The summed E-state index contributed by atoms with van der Waals surface area (Å²) in [5.41, 5.74) is 2.43. The van der Waals surface area contributed by atoms with Gasteiger partial charge in [-0.15, -0.1) is 0 Å². The molecule has 200 valence electrons. The molecular weight excluding hydrogens is 492 g/mol. The fourth-order valence-electron chi connectivity index (χ4n) is 5.15. The van der Waals surface area contributed by atoms with Crippen LogP contribution in [0.2, 0.25) is 0 Å². The smallest absolute Gasteiger partial charge is 0.242 e. The third-order valence-corrected chi connectivity index (χ3v) is 7.31. The number of pyridine rings is 2. The lowest BCUT2D eigenvalue weighted by Crippen LogP contribution is -2.47. The van der Waals surface area contributed by atoms with Gasteiger partial charge in [-0.1, -0.05) is 18.2 Å². The molecule has 2 aromatic carbocycles. The van der Waals surface area contributed by atoms with Gasteiger partial charge in [0.25, 0.3) is 0 Å². The molecule has 2 aromatic heterocycles. The van der Waals surface area contributed by atoms with Crippen LogP contribution in [0.3, 0.4) is 0 Å². The molecule has 39 heavy (non-hydrogen) atoms. The summed E-state index contributed by atoms with van der Waals surface area (Å²) < 4.78 is 8.17. The number of amides is 2. The third kappa shape index (κ3) is 4.67. The molecule has 0 fully saturated rings. The first-order valence-electron chi connectivity index (χ1n) is 13.1. The molecular formula is C31H32N4O4. The minimum absolute atomic E-state index is 0.0162. The van der Waals surface area contributed by atoms with E-state index in [-0.39, 0.29) is 17.2 Å². The van der Waals surface area contributed by atoms with Crippen molar-refractivity contribution >= 4 is 34.1 Å². The van der Waals surface area contributed by atoms with Crippen LogP contribution < -0.4 is 20.0 Å². The van der Waals surface area contributed by atoms with Gasteiger partial charge in [0.05, 0.1) is 23.5 Å². The first kappa shape index (κ1) is 26.2. The molecule has 0 N–H and O–H groups in total. The summed E-state index contributed by atoms with van der Waals surface area (Å²) in [6, 6.07) is 16.8. The van der Waals surface area contributed by atoms with Crippen LogP contribution in [0.1, 0.15) is 27.2 Å². The Bertz CT molecular complexity index is 1610. The molecule has 1 aliphatic heterocycles. The number of carbonyl (C=O) groups is 2. The second-order valence-electron chi connectivity index (χ2n) is 10.2. The zero-order chi connectivity index (χ0) is 27.7. The lowest BCUT2D eigenvalue weighted by atomic mass is 9.90. The molecule has 0 bridgehead atoms. The monoisotopic (exact) mass is 524 g/mol. The van der Waals surface area contributed by atoms with E-state index >= 15 is 0 Å². The van der Waals surface area contributed by atoms with Crippen molar-refractivity contribution in [3.63, 3.8) is 0 Å². The van der Waals surface area contributed by atoms with Crippen LogP contribution >= 0.6 is 0 Å². The van der Waals surface area contributed by atoms with E-state index in [0.717, 1.165) is 11.1 Å². The first-order chi connectivity index (χ1) is 18.7. The van der Waals surface area contributed by atoms with Gasteiger partial charge < -0.3 is 19.1 Å². The van der Waals surface area contributed by atoms with Gasteiger partial charge in [0.2, 0.25) is 11.8 Å². The number of para-hydroxylation sites is 1. The van der Waals surface area contributed by atoms with Gasteiger partial charge in [-0.05, 0) is 57.5 Å². The van der Waals surface area contributed by atoms with Crippen LogP contribution in [-0.4, -0.2) is 41.6 Å². The zero-order valence-electron chi connectivity index (χ0n) is 22.7. The highest BCUT2D eigenvalue weighted by molar-refractivity contribution is 6.20. The van der Waals surface area contributed by atoms with Gasteiger partial charge in [0, 0.05) is 61.3 Å². The Labute approximate surface area is 227 Å². The predicted molar refractivity (Wildman–Crippen MR) is 153 cm³/mol. The summed E-state index contributed by atoms with van der Waals surface area (Å²) in [5, 5.41) is 0.663. The highest BCUT2D eigenvalue weighted by Crippen LogP contribution is 2.40. The molecule has 0 unspecified atom stereocenters. The van der Waals surface area contributed by atoms with Crippen molar-refractivity contribution in [1.29, 1.82) is 0 Å². The Balaban J connectivity index is 1.36. The molecule has 0 saturated heterocycles. The number of aryl methyl sites for hydroxylation is 1. The summed E-state index contributed by atoms with van der Waals surface area (Å²) in [5.74, 6) is 0.155. The number of carbonyl (C=O) groups excluding carboxylic acids is 2. The lowest BCUT2D eigenvalue weighted by molar-refractivity contribution is -0.137. The van der Waals surface area contributed by atoms with Crippen molar-refractivity contribution < 1.29 is 14.3 Å². The summed E-state index contributed by atoms with van der Waals surface area (Å²) >= 11 is 0. The van der Waals surface area contributed by atoms with Crippen LogP contribution in [-0.2, 0) is 16.1 Å². The van der Waals surface area contributed by atoms with Crippen LogP contribution in [0.4, 0.5) is 11.4 Å². The maximum Gasteiger partial charge on any atom is 0.242 e. The number of ether oxygens (including phenoxy) is 1. The Kier molecular flexibility index (Phi) is 6.95. The first-order valence-corrected chi connectivity index (χ1v) is 13.1.